The van der Waals surface area contributed by atoms with E-state index < -0.39 is 0 Å². The second-order valence-corrected chi connectivity index (χ2v) is 5.71. The quantitative estimate of drug-likeness (QED) is 0.660. The number of hydrogen-bond acceptors (Lipinski definition) is 3. The van der Waals surface area contributed by atoms with E-state index in [0.717, 1.165) is 36.8 Å². The zero-order valence-electron chi connectivity index (χ0n) is 11.0. The zero-order chi connectivity index (χ0) is 13.3. The predicted octanol–water partition coefficient (Wildman–Crippen LogP) is 2.96. The summed E-state index contributed by atoms with van der Waals surface area (Å²) < 4.78 is 0. The first-order valence-corrected chi connectivity index (χ1v) is 6.43. The van der Waals surface area contributed by atoms with Crippen molar-refractivity contribution in [3.8, 4) is 0 Å². The minimum atomic E-state index is -0.320. The van der Waals surface area contributed by atoms with Crippen molar-refractivity contribution in [1.29, 1.82) is 0 Å². The lowest BCUT2D eigenvalue weighted by Crippen LogP contribution is -2.39. The van der Waals surface area contributed by atoms with E-state index in [9.17, 15) is 10.1 Å². The molecule has 0 heterocycles. The summed E-state index contributed by atoms with van der Waals surface area (Å²) >= 11 is 0. The Morgan fingerprint density at radius 1 is 1.56 bits per heavy atom. The lowest BCUT2D eigenvalue weighted by molar-refractivity contribution is -0.385. The van der Waals surface area contributed by atoms with Crippen molar-refractivity contribution in [2.75, 3.05) is 0 Å². The van der Waals surface area contributed by atoms with Gasteiger partial charge in [0.05, 0.1) is 4.92 Å². The van der Waals surface area contributed by atoms with Crippen LogP contribution in [0.25, 0.3) is 0 Å². The fourth-order valence-corrected chi connectivity index (χ4v) is 3.03. The Balaban J connectivity index is 2.25. The first-order chi connectivity index (χ1) is 8.41. The van der Waals surface area contributed by atoms with Crippen LogP contribution in [0.4, 0.5) is 5.69 Å². The van der Waals surface area contributed by atoms with Gasteiger partial charge in [-0.1, -0.05) is 19.1 Å². The van der Waals surface area contributed by atoms with E-state index in [4.69, 9.17) is 5.73 Å². The van der Waals surface area contributed by atoms with Crippen LogP contribution >= 0.6 is 0 Å². The van der Waals surface area contributed by atoms with Crippen LogP contribution in [-0.4, -0.2) is 10.5 Å². The molecule has 0 aliphatic heterocycles. The topological polar surface area (TPSA) is 69.2 Å². The molecular weight excluding hydrogens is 228 g/mol. The summed E-state index contributed by atoms with van der Waals surface area (Å²) in [5.74, 6) is 0.661. The second kappa shape index (κ2) is 4.69. The van der Waals surface area contributed by atoms with Gasteiger partial charge in [0.1, 0.15) is 0 Å². The third-order valence-corrected chi connectivity index (χ3v) is 4.05. The van der Waals surface area contributed by atoms with E-state index in [1.807, 2.05) is 13.0 Å². The van der Waals surface area contributed by atoms with Gasteiger partial charge in [-0.25, -0.2) is 0 Å². The molecule has 0 amide bonds. The van der Waals surface area contributed by atoms with Crippen molar-refractivity contribution < 1.29 is 4.92 Å². The molecule has 4 heteroatoms. The van der Waals surface area contributed by atoms with Crippen LogP contribution in [0.3, 0.4) is 0 Å². The van der Waals surface area contributed by atoms with Crippen LogP contribution in [0.15, 0.2) is 18.2 Å². The number of rotatable bonds is 3. The molecule has 1 saturated carbocycles. The predicted molar refractivity (Wildman–Crippen MR) is 71.5 cm³/mol. The number of nitrogens with two attached hydrogens (primary N) is 1. The molecule has 98 valence electrons. The zero-order valence-corrected chi connectivity index (χ0v) is 11.0. The van der Waals surface area contributed by atoms with Crippen molar-refractivity contribution in [2.45, 2.75) is 45.1 Å². The molecule has 0 radical (unpaired) electrons. The van der Waals surface area contributed by atoms with Gasteiger partial charge in [-0.3, -0.25) is 10.1 Å². The molecule has 0 saturated heterocycles. The minimum absolute atomic E-state index is 0.181. The third kappa shape index (κ3) is 2.53. The van der Waals surface area contributed by atoms with E-state index in [1.54, 1.807) is 12.1 Å². The van der Waals surface area contributed by atoms with Gasteiger partial charge in [0.25, 0.3) is 5.69 Å². The van der Waals surface area contributed by atoms with Gasteiger partial charge in [0.2, 0.25) is 0 Å². The summed E-state index contributed by atoms with van der Waals surface area (Å²) in [7, 11) is 0. The third-order valence-electron chi connectivity index (χ3n) is 4.05. The van der Waals surface area contributed by atoms with E-state index in [-0.39, 0.29) is 16.1 Å². The summed E-state index contributed by atoms with van der Waals surface area (Å²) in [6.45, 7) is 4.03. The summed E-state index contributed by atoms with van der Waals surface area (Å²) in [4.78, 5) is 10.6. The van der Waals surface area contributed by atoms with E-state index in [1.165, 1.54) is 0 Å². The van der Waals surface area contributed by atoms with Gasteiger partial charge in [-0.15, -0.1) is 0 Å². The monoisotopic (exact) mass is 248 g/mol. The number of nitrogens with zero attached hydrogens (tertiary/aromatic N) is 1. The largest absolute Gasteiger partial charge is 0.325 e. The highest BCUT2D eigenvalue weighted by atomic mass is 16.6. The molecule has 2 atom stereocenters. The number of benzene rings is 1. The Morgan fingerprint density at radius 2 is 2.28 bits per heavy atom. The maximum Gasteiger partial charge on any atom is 0.272 e. The molecule has 2 N–H and O–H groups in total. The van der Waals surface area contributed by atoms with Crippen LogP contribution in [0.1, 0.15) is 37.3 Å². The fraction of sp³-hybridized carbons (Fsp3) is 0.571. The number of nitro benzene ring substituents is 1. The van der Waals surface area contributed by atoms with Crippen LogP contribution in [0.5, 0.6) is 0 Å². The van der Waals surface area contributed by atoms with Crippen molar-refractivity contribution in [2.24, 2.45) is 11.7 Å². The van der Waals surface area contributed by atoms with Crippen LogP contribution in [-0.2, 0) is 6.42 Å². The van der Waals surface area contributed by atoms with Crippen molar-refractivity contribution in [3.05, 3.63) is 39.4 Å². The average molecular weight is 248 g/mol. The van der Waals surface area contributed by atoms with E-state index >= 15 is 0 Å². The van der Waals surface area contributed by atoms with Crippen LogP contribution < -0.4 is 5.73 Å². The van der Waals surface area contributed by atoms with E-state index in [2.05, 4.69) is 6.92 Å². The summed E-state index contributed by atoms with van der Waals surface area (Å²) in [6.07, 6.45) is 3.92. The molecule has 1 fully saturated rings. The van der Waals surface area contributed by atoms with Crippen molar-refractivity contribution >= 4 is 5.69 Å². The SMILES string of the molecule is Cc1c(CC2(N)CCC(C)C2)cccc1[N+](=O)[O-]. The fourth-order valence-electron chi connectivity index (χ4n) is 3.03. The van der Waals surface area contributed by atoms with Crippen LogP contribution in [0.2, 0.25) is 0 Å². The standard InChI is InChI=1S/C14H20N2O2/c1-10-6-7-14(15,8-10)9-12-4-3-5-13(11(12)2)16(17)18/h3-5,10H,6-9,15H2,1-2H3. The maximum absolute atomic E-state index is 10.9. The normalized spacial score (nSPS) is 27.4. The van der Waals surface area contributed by atoms with Gasteiger partial charge in [-0.2, -0.15) is 0 Å². The first-order valence-electron chi connectivity index (χ1n) is 6.43. The molecule has 18 heavy (non-hydrogen) atoms. The summed E-state index contributed by atoms with van der Waals surface area (Å²) in [5, 5.41) is 10.9. The van der Waals surface area contributed by atoms with Gasteiger partial charge >= 0.3 is 0 Å². The second-order valence-electron chi connectivity index (χ2n) is 5.71. The highest BCUT2D eigenvalue weighted by Crippen LogP contribution is 2.36. The Bertz CT molecular complexity index is 473. The molecular formula is C14H20N2O2. The molecule has 1 aromatic rings. The molecule has 1 aromatic carbocycles. The Morgan fingerprint density at radius 3 is 2.83 bits per heavy atom. The Hall–Kier alpha value is -1.42. The Kier molecular flexibility index (Phi) is 3.39. The van der Waals surface area contributed by atoms with Gasteiger partial charge in [-0.05, 0) is 44.1 Å². The number of hydrogen-bond donors (Lipinski definition) is 1. The number of nitro groups is 1. The molecule has 4 nitrogen and oxygen atoms in total. The lowest BCUT2D eigenvalue weighted by atomic mass is 9.87. The smallest absolute Gasteiger partial charge is 0.272 e. The van der Waals surface area contributed by atoms with Gasteiger partial charge in [0.15, 0.2) is 0 Å². The molecule has 0 spiro atoms. The maximum atomic E-state index is 10.9. The highest BCUT2D eigenvalue weighted by molar-refractivity contribution is 5.45. The lowest BCUT2D eigenvalue weighted by Gasteiger charge is -2.25. The van der Waals surface area contributed by atoms with Crippen LogP contribution in [0, 0.1) is 23.0 Å². The summed E-state index contributed by atoms with van der Waals surface area (Å²) in [6, 6.07) is 5.27. The average Bonchev–Trinajstić information content (AvgIpc) is 2.61. The van der Waals surface area contributed by atoms with Gasteiger partial charge in [0, 0.05) is 17.2 Å². The molecule has 1 aliphatic rings. The minimum Gasteiger partial charge on any atom is -0.325 e. The molecule has 2 rings (SSSR count). The molecule has 0 aromatic heterocycles. The molecule has 0 bridgehead atoms. The summed E-state index contributed by atoms with van der Waals surface area (Å²) in [5.41, 5.74) is 8.19. The first kappa shape index (κ1) is 13.0. The molecule has 1 aliphatic carbocycles. The molecule has 2 unspecified atom stereocenters. The Labute approximate surface area is 107 Å². The van der Waals surface area contributed by atoms with Crippen molar-refractivity contribution in [1.82, 2.24) is 0 Å². The van der Waals surface area contributed by atoms with Crippen molar-refractivity contribution in [3.63, 3.8) is 0 Å². The van der Waals surface area contributed by atoms with Gasteiger partial charge < -0.3 is 5.73 Å². The highest BCUT2D eigenvalue weighted by Gasteiger charge is 2.34. The van der Waals surface area contributed by atoms with E-state index in [0.29, 0.717) is 5.92 Å².